The van der Waals surface area contributed by atoms with Crippen molar-refractivity contribution in [1.82, 2.24) is 9.80 Å². The molecule has 2 aliphatic heterocycles. The number of carbonyl (C=O) groups excluding carboxylic acids is 2. The van der Waals surface area contributed by atoms with Crippen LogP contribution in [0, 0.1) is 17.3 Å². The number of rotatable bonds is 10. The smallest absolute Gasteiger partial charge is 0.337 e. The molecule has 1 spiro atoms. The summed E-state index contributed by atoms with van der Waals surface area (Å²) in [7, 11) is 1.36. The summed E-state index contributed by atoms with van der Waals surface area (Å²) in [6.45, 7) is 15.0. The van der Waals surface area contributed by atoms with Crippen LogP contribution in [0.1, 0.15) is 49.2 Å². The Morgan fingerprint density at radius 1 is 1.26 bits per heavy atom. The number of ether oxygens (including phenoxy) is 1. The van der Waals surface area contributed by atoms with Crippen molar-refractivity contribution < 1.29 is 18.7 Å². The number of benzene rings is 2. The molecule has 0 aromatic heterocycles. The predicted molar refractivity (Wildman–Crippen MR) is 172 cm³/mol. The van der Waals surface area contributed by atoms with Crippen LogP contribution < -0.4 is 5.32 Å². The van der Waals surface area contributed by atoms with Crippen LogP contribution >= 0.6 is 23.2 Å². The molecule has 0 radical (unpaired) electrons. The number of methoxy groups -OCH3 is 1. The molecule has 3 atom stereocenters. The van der Waals surface area contributed by atoms with Gasteiger partial charge in [-0.05, 0) is 59.9 Å². The zero-order valence-electron chi connectivity index (χ0n) is 25.4. The molecule has 2 aliphatic rings. The highest BCUT2D eigenvalue weighted by Crippen LogP contribution is 2.56. The Morgan fingerprint density at radius 3 is 2.56 bits per heavy atom. The van der Waals surface area contributed by atoms with Gasteiger partial charge in [-0.3, -0.25) is 14.6 Å². The lowest BCUT2D eigenvalue weighted by Gasteiger charge is -2.40. The average molecular weight is 629 g/mol. The van der Waals surface area contributed by atoms with Crippen LogP contribution in [0.2, 0.25) is 5.02 Å². The number of fused-ring (bicyclic) bond motifs is 2. The van der Waals surface area contributed by atoms with E-state index in [0.29, 0.717) is 49.0 Å². The minimum Gasteiger partial charge on any atom is -0.465 e. The molecule has 9 heteroatoms. The summed E-state index contributed by atoms with van der Waals surface area (Å²) in [6, 6.07) is 12.7. The van der Waals surface area contributed by atoms with Crippen molar-refractivity contribution in [1.29, 1.82) is 0 Å². The summed E-state index contributed by atoms with van der Waals surface area (Å²) in [5.74, 6) is -2.04. The summed E-state index contributed by atoms with van der Waals surface area (Å²) >= 11 is 12.2. The molecule has 2 aromatic carbocycles. The molecule has 43 heavy (non-hydrogen) atoms. The van der Waals surface area contributed by atoms with E-state index in [1.165, 1.54) is 25.3 Å². The van der Waals surface area contributed by atoms with Crippen molar-refractivity contribution in [2.75, 3.05) is 38.6 Å². The van der Waals surface area contributed by atoms with Crippen molar-refractivity contribution in [3.8, 4) is 0 Å². The van der Waals surface area contributed by atoms with E-state index in [-0.39, 0.29) is 28.2 Å². The number of hydrogen-bond donors (Lipinski definition) is 1. The van der Waals surface area contributed by atoms with Gasteiger partial charge < -0.3 is 10.1 Å². The van der Waals surface area contributed by atoms with E-state index < -0.39 is 17.3 Å². The number of anilines is 1. The highest BCUT2D eigenvalue weighted by atomic mass is 35.5. The number of nitrogens with one attached hydrogen (secondary N) is 1. The van der Waals surface area contributed by atoms with Crippen molar-refractivity contribution in [2.45, 2.75) is 39.8 Å². The van der Waals surface area contributed by atoms with Gasteiger partial charge >= 0.3 is 5.97 Å². The Bertz CT molecular complexity index is 1430. The molecular weight excluding hydrogens is 588 g/mol. The summed E-state index contributed by atoms with van der Waals surface area (Å²) in [6.07, 6.45) is 4.47. The molecule has 1 amide bonds. The van der Waals surface area contributed by atoms with Gasteiger partial charge in [0.25, 0.3) is 0 Å². The van der Waals surface area contributed by atoms with Crippen molar-refractivity contribution >= 4 is 40.8 Å². The molecule has 1 saturated heterocycles. The van der Waals surface area contributed by atoms with Gasteiger partial charge in [0.1, 0.15) is 11.4 Å². The van der Waals surface area contributed by atoms with Crippen LogP contribution in [-0.4, -0.2) is 55.0 Å². The lowest BCUT2D eigenvalue weighted by Crippen LogP contribution is -2.53. The quantitative estimate of drug-likeness (QED) is 0.218. The van der Waals surface area contributed by atoms with E-state index in [2.05, 4.69) is 49.4 Å². The van der Waals surface area contributed by atoms with Gasteiger partial charge in [0, 0.05) is 53.4 Å². The molecule has 230 valence electrons. The fraction of sp³-hybridized carbons (Fsp3) is 0.412. The molecule has 4 rings (SSSR count). The predicted octanol–water partition coefficient (Wildman–Crippen LogP) is 7.55. The van der Waals surface area contributed by atoms with Crippen molar-refractivity contribution in [2.24, 2.45) is 17.3 Å². The lowest BCUT2D eigenvalue weighted by atomic mass is 9.74. The molecule has 0 bridgehead atoms. The van der Waals surface area contributed by atoms with Gasteiger partial charge in [0.2, 0.25) is 5.91 Å². The van der Waals surface area contributed by atoms with Crippen molar-refractivity contribution in [3.05, 3.63) is 99.8 Å². The number of esters is 1. The minimum atomic E-state index is -1.26. The van der Waals surface area contributed by atoms with Crippen LogP contribution in [0.15, 0.2) is 78.1 Å². The maximum atomic E-state index is 16.6. The van der Waals surface area contributed by atoms with Crippen LogP contribution in [0.5, 0.6) is 0 Å². The number of allylic oxidation sites excluding steroid dienone is 4. The van der Waals surface area contributed by atoms with Gasteiger partial charge in [0.15, 0.2) is 0 Å². The van der Waals surface area contributed by atoms with Crippen LogP contribution in [-0.2, 0) is 21.6 Å². The number of likely N-dealkylation sites (tertiary alicyclic amines) is 1. The minimum absolute atomic E-state index is 0.163. The SMILES string of the molecule is C=C(Cl)/C=C\C=C(/F)C1[C@H](CN(CC)Cc2ccc(C(=O)OC)cc2)CN(CC(C)(C)C)[C@@]12C(=O)Nc1cc(Cl)ccc12. The summed E-state index contributed by atoms with van der Waals surface area (Å²) in [4.78, 5) is 30.5. The standard InChI is InChI=1S/C34H40Cl2FN3O3/c1-7-39(18-23-11-13-24(14-12-23)31(41)43-6)19-25-20-40(21-33(3,4)5)34(30(25)28(37)10-8-9-22(2)35)27-16-15-26(36)17-29(27)38-32(34)42/h8-17,25,30H,2,7,18-21H2,1,3-6H3,(H,38,42)/b9-8-,28-10-/t25-,30?,34-/m1/s1. The molecule has 1 unspecified atom stereocenters. The van der Waals surface area contributed by atoms with Crippen LogP contribution in [0.4, 0.5) is 10.1 Å². The Hall–Kier alpha value is -2.97. The molecule has 6 nitrogen and oxygen atoms in total. The monoisotopic (exact) mass is 627 g/mol. The Morgan fingerprint density at radius 2 is 1.95 bits per heavy atom. The van der Waals surface area contributed by atoms with Crippen LogP contribution in [0.3, 0.4) is 0 Å². The van der Waals surface area contributed by atoms with E-state index >= 15 is 4.39 Å². The largest absolute Gasteiger partial charge is 0.465 e. The highest BCUT2D eigenvalue weighted by Gasteiger charge is 2.64. The second-order valence-corrected chi connectivity index (χ2v) is 13.4. The van der Waals surface area contributed by atoms with Gasteiger partial charge in [-0.25, -0.2) is 9.18 Å². The Balaban J connectivity index is 1.78. The number of hydrogen-bond acceptors (Lipinski definition) is 5. The number of amides is 1. The van der Waals surface area contributed by atoms with Crippen molar-refractivity contribution in [3.63, 3.8) is 0 Å². The molecule has 1 N–H and O–H groups in total. The third-order valence-corrected chi connectivity index (χ3v) is 8.44. The highest BCUT2D eigenvalue weighted by molar-refractivity contribution is 6.31. The normalized spacial score (nSPS) is 22.4. The maximum absolute atomic E-state index is 16.6. The molecule has 1 fully saturated rings. The average Bonchev–Trinajstić information content (AvgIpc) is 3.40. The van der Waals surface area contributed by atoms with E-state index in [4.69, 9.17) is 27.9 Å². The van der Waals surface area contributed by atoms with E-state index in [0.717, 1.165) is 11.1 Å². The first-order chi connectivity index (χ1) is 20.3. The lowest BCUT2D eigenvalue weighted by molar-refractivity contribution is -0.129. The first-order valence-electron chi connectivity index (χ1n) is 14.4. The second kappa shape index (κ2) is 13.3. The van der Waals surface area contributed by atoms with E-state index in [9.17, 15) is 9.59 Å². The molecule has 0 saturated carbocycles. The number of carbonyl (C=O) groups is 2. The number of nitrogens with zero attached hydrogens (tertiary/aromatic N) is 2. The van der Waals surface area contributed by atoms with E-state index in [1.807, 2.05) is 18.2 Å². The molecular formula is C34H40Cl2FN3O3. The second-order valence-electron chi connectivity index (χ2n) is 12.5. The van der Waals surface area contributed by atoms with E-state index in [1.54, 1.807) is 24.3 Å². The summed E-state index contributed by atoms with van der Waals surface area (Å²) in [5, 5.41) is 3.81. The Labute approximate surface area is 264 Å². The Kier molecular flexibility index (Phi) is 10.2. The molecule has 2 aromatic rings. The first kappa shape index (κ1) is 32.9. The first-order valence-corrected chi connectivity index (χ1v) is 15.2. The zero-order chi connectivity index (χ0) is 31.5. The third-order valence-electron chi connectivity index (χ3n) is 8.08. The fourth-order valence-electron chi connectivity index (χ4n) is 6.44. The zero-order valence-corrected chi connectivity index (χ0v) is 26.9. The van der Waals surface area contributed by atoms with Gasteiger partial charge in [-0.15, -0.1) is 0 Å². The van der Waals surface area contributed by atoms with Crippen LogP contribution in [0.25, 0.3) is 0 Å². The summed E-state index contributed by atoms with van der Waals surface area (Å²) < 4.78 is 21.5. The van der Waals surface area contributed by atoms with Gasteiger partial charge in [-0.1, -0.05) is 81.8 Å². The third kappa shape index (κ3) is 7.07. The fourth-order valence-corrected chi connectivity index (χ4v) is 6.69. The van der Waals surface area contributed by atoms with Gasteiger partial charge in [0.05, 0.1) is 12.7 Å². The molecule has 0 aliphatic carbocycles. The number of halogens is 3. The van der Waals surface area contributed by atoms with Gasteiger partial charge in [-0.2, -0.15) is 0 Å². The summed E-state index contributed by atoms with van der Waals surface area (Å²) in [5.41, 5.74) is 1.42. The topological polar surface area (TPSA) is 61.9 Å². The maximum Gasteiger partial charge on any atom is 0.337 e. The molecule has 2 heterocycles.